The summed E-state index contributed by atoms with van der Waals surface area (Å²) < 4.78 is 10.0. The first-order valence-electron chi connectivity index (χ1n) is 5.04. The van der Waals surface area contributed by atoms with Crippen molar-refractivity contribution in [1.82, 2.24) is 0 Å². The zero-order valence-corrected chi connectivity index (χ0v) is 9.69. The maximum Gasteiger partial charge on any atom is 0.357 e. The van der Waals surface area contributed by atoms with Gasteiger partial charge in [0, 0.05) is 0 Å². The Morgan fingerprint density at radius 1 is 1.50 bits per heavy atom. The summed E-state index contributed by atoms with van der Waals surface area (Å²) in [6.45, 7) is 4.07. The van der Waals surface area contributed by atoms with Gasteiger partial charge in [0.1, 0.15) is 5.60 Å². The van der Waals surface area contributed by atoms with Crippen LogP contribution in [-0.4, -0.2) is 23.7 Å². The highest BCUT2D eigenvalue weighted by Gasteiger charge is 2.73. The number of unbranched alkanes of at least 4 members (excludes halogenated alkanes) is 1. The maximum atomic E-state index is 11.4. The summed E-state index contributed by atoms with van der Waals surface area (Å²) in [5.41, 5.74) is -0.488. The van der Waals surface area contributed by atoms with E-state index in [0.717, 1.165) is 25.7 Å². The number of esters is 1. The molecule has 0 bridgehead atoms. The monoisotopic (exact) mass is 220 g/mol. The minimum Gasteiger partial charge on any atom is -0.466 e. The second-order valence-electron chi connectivity index (χ2n) is 3.64. The quantitative estimate of drug-likeness (QED) is 0.406. The van der Waals surface area contributed by atoms with E-state index in [1.807, 2.05) is 6.92 Å². The molecule has 1 heterocycles. The minimum absolute atomic E-state index is 0.475. The fourth-order valence-corrected chi connectivity index (χ4v) is 2.21. The van der Waals surface area contributed by atoms with Crippen molar-refractivity contribution in [2.75, 3.05) is 7.11 Å². The smallest absolute Gasteiger partial charge is 0.357 e. The van der Waals surface area contributed by atoms with Gasteiger partial charge < -0.3 is 9.47 Å². The lowest BCUT2D eigenvalue weighted by Crippen LogP contribution is -2.29. The van der Waals surface area contributed by atoms with Crippen LogP contribution in [0.4, 0.5) is 0 Å². The summed E-state index contributed by atoms with van der Waals surface area (Å²) in [6, 6.07) is 0. The number of methoxy groups -OCH3 is 1. The molecule has 1 fully saturated rings. The lowest BCUT2D eigenvalue weighted by Gasteiger charge is -2.11. The molecule has 1 aliphatic heterocycles. The second-order valence-corrected chi connectivity index (χ2v) is 4.17. The van der Waals surface area contributed by atoms with Crippen molar-refractivity contribution in [1.29, 1.82) is 0 Å². The standard InChI is InChI=1S/C10H17ClO3/c1-4-6-7-9(5-2)10(11,14-9)8(12)13-3/h4-7H2,1-3H3. The summed E-state index contributed by atoms with van der Waals surface area (Å²) in [5.74, 6) is -0.475. The molecule has 82 valence electrons. The molecule has 1 rings (SSSR count). The molecule has 3 nitrogen and oxygen atoms in total. The molecule has 0 aromatic heterocycles. The normalized spacial score (nSPS) is 35.4. The van der Waals surface area contributed by atoms with Crippen molar-refractivity contribution < 1.29 is 14.3 Å². The van der Waals surface area contributed by atoms with Crippen molar-refractivity contribution >= 4 is 17.6 Å². The third kappa shape index (κ3) is 1.63. The SMILES string of the molecule is CCCCC1(CC)OC1(Cl)C(=O)OC. The minimum atomic E-state index is -1.22. The molecule has 14 heavy (non-hydrogen) atoms. The highest BCUT2D eigenvalue weighted by molar-refractivity contribution is 6.35. The van der Waals surface area contributed by atoms with Crippen molar-refractivity contribution in [2.24, 2.45) is 0 Å². The van der Waals surface area contributed by atoms with Crippen LogP contribution in [0, 0.1) is 0 Å². The van der Waals surface area contributed by atoms with Gasteiger partial charge in [-0.15, -0.1) is 0 Å². The van der Waals surface area contributed by atoms with E-state index >= 15 is 0 Å². The highest BCUT2D eigenvalue weighted by atomic mass is 35.5. The number of epoxide rings is 1. The van der Waals surface area contributed by atoms with Crippen molar-refractivity contribution in [3.05, 3.63) is 0 Å². The molecule has 0 spiro atoms. The van der Waals surface area contributed by atoms with Gasteiger partial charge >= 0.3 is 5.97 Å². The van der Waals surface area contributed by atoms with Crippen molar-refractivity contribution in [2.45, 2.75) is 50.2 Å². The number of hydrogen-bond acceptors (Lipinski definition) is 3. The van der Waals surface area contributed by atoms with Crippen LogP contribution >= 0.6 is 11.6 Å². The van der Waals surface area contributed by atoms with E-state index in [1.165, 1.54) is 7.11 Å². The first-order valence-corrected chi connectivity index (χ1v) is 5.41. The van der Waals surface area contributed by atoms with E-state index in [2.05, 4.69) is 11.7 Å². The summed E-state index contributed by atoms with van der Waals surface area (Å²) in [5, 5.41) is -1.22. The molecule has 2 atom stereocenters. The van der Waals surface area contributed by atoms with Crippen LogP contribution in [0.3, 0.4) is 0 Å². The topological polar surface area (TPSA) is 38.8 Å². The molecule has 0 aliphatic carbocycles. The Bertz CT molecular complexity index is 231. The maximum absolute atomic E-state index is 11.4. The van der Waals surface area contributed by atoms with Gasteiger partial charge in [0.05, 0.1) is 7.11 Å². The lowest BCUT2D eigenvalue weighted by molar-refractivity contribution is -0.143. The third-order valence-corrected chi connectivity index (χ3v) is 3.41. The average Bonchev–Trinajstić information content (AvgIpc) is 2.82. The summed E-state index contributed by atoms with van der Waals surface area (Å²) in [4.78, 5) is 11.4. The van der Waals surface area contributed by atoms with Gasteiger partial charge in [0.15, 0.2) is 0 Å². The largest absolute Gasteiger partial charge is 0.466 e. The average molecular weight is 221 g/mol. The Hall–Kier alpha value is -0.280. The van der Waals surface area contributed by atoms with Crippen LogP contribution in [0.25, 0.3) is 0 Å². The molecule has 0 amide bonds. The number of carbonyl (C=O) groups is 1. The third-order valence-electron chi connectivity index (χ3n) is 2.83. The van der Waals surface area contributed by atoms with E-state index in [-0.39, 0.29) is 0 Å². The van der Waals surface area contributed by atoms with Gasteiger partial charge in [-0.1, -0.05) is 38.3 Å². The number of alkyl halides is 1. The first-order chi connectivity index (χ1) is 6.56. The molecule has 1 aliphatic rings. The Morgan fingerprint density at radius 3 is 2.57 bits per heavy atom. The van der Waals surface area contributed by atoms with Crippen LogP contribution < -0.4 is 0 Å². The van der Waals surface area contributed by atoms with Crippen LogP contribution in [0.1, 0.15) is 39.5 Å². The fraction of sp³-hybridized carbons (Fsp3) is 0.900. The Balaban J connectivity index is 2.64. The summed E-state index contributed by atoms with van der Waals surface area (Å²) in [7, 11) is 1.33. The molecular formula is C10H17ClO3. The van der Waals surface area contributed by atoms with Gasteiger partial charge in [0.2, 0.25) is 0 Å². The number of carbonyl (C=O) groups excluding carboxylic acids is 1. The van der Waals surface area contributed by atoms with Crippen LogP contribution in [0.15, 0.2) is 0 Å². The van der Waals surface area contributed by atoms with Gasteiger partial charge in [-0.25, -0.2) is 4.79 Å². The van der Waals surface area contributed by atoms with Gasteiger partial charge in [-0.05, 0) is 12.8 Å². The van der Waals surface area contributed by atoms with E-state index < -0.39 is 16.6 Å². The first kappa shape index (κ1) is 11.8. The van der Waals surface area contributed by atoms with Gasteiger partial charge in [-0.2, -0.15) is 0 Å². The molecule has 0 aromatic rings. The molecule has 0 radical (unpaired) electrons. The van der Waals surface area contributed by atoms with E-state index in [0.29, 0.717) is 0 Å². The molecular weight excluding hydrogens is 204 g/mol. The number of ether oxygens (including phenoxy) is 2. The van der Waals surface area contributed by atoms with Gasteiger partial charge in [-0.3, -0.25) is 0 Å². The predicted molar refractivity (Wildman–Crippen MR) is 54.2 cm³/mol. The van der Waals surface area contributed by atoms with Crippen LogP contribution in [-0.2, 0) is 14.3 Å². The Kier molecular flexibility index (Phi) is 3.43. The molecule has 0 N–H and O–H groups in total. The zero-order valence-electron chi connectivity index (χ0n) is 8.93. The molecule has 4 heteroatoms. The molecule has 0 aromatic carbocycles. The number of hydrogen-bond donors (Lipinski definition) is 0. The predicted octanol–water partition coefficient (Wildman–Crippen LogP) is 2.46. The van der Waals surface area contributed by atoms with E-state index in [1.54, 1.807) is 0 Å². The number of rotatable bonds is 5. The van der Waals surface area contributed by atoms with Crippen molar-refractivity contribution in [3.63, 3.8) is 0 Å². The van der Waals surface area contributed by atoms with Crippen molar-refractivity contribution in [3.8, 4) is 0 Å². The van der Waals surface area contributed by atoms with E-state index in [9.17, 15) is 4.79 Å². The van der Waals surface area contributed by atoms with E-state index in [4.69, 9.17) is 16.3 Å². The number of halogens is 1. The lowest BCUT2D eigenvalue weighted by atomic mass is 9.95. The Labute approximate surface area is 89.7 Å². The summed E-state index contributed by atoms with van der Waals surface area (Å²) in [6.07, 6.45) is 3.64. The fourth-order valence-electron chi connectivity index (χ4n) is 1.75. The zero-order chi connectivity index (χ0) is 10.8. The van der Waals surface area contributed by atoms with Crippen LogP contribution in [0.5, 0.6) is 0 Å². The molecule has 0 saturated carbocycles. The van der Waals surface area contributed by atoms with Gasteiger partial charge in [0.25, 0.3) is 5.06 Å². The Morgan fingerprint density at radius 2 is 2.14 bits per heavy atom. The molecule has 1 saturated heterocycles. The second kappa shape index (κ2) is 4.07. The molecule has 2 unspecified atom stereocenters. The highest BCUT2D eigenvalue weighted by Crippen LogP contribution is 2.57. The van der Waals surface area contributed by atoms with Crippen LogP contribution in [0.2, 0.25) is 0 Å². The summed E-state index contributed by atoms with van der Waals surface area (Å²) >= 11 is 6.06.